The van der Waals surface area contributed by atoms with Crippen LogP contribution >= 0.6 is 0 Å². The molecule has 1 aliphatic heterocycles. The molecule has 2 aromatic carbocycles. The SMILES string of the molecule is CCC(CC(C)c1ccc(OC)cc1)c1ccc2c(c1)OCO2. The van der Waals surface area contributed by atoms with Gasteiger partial charge in [-0.3, -0.25) is 0 Å². The second-order valence-electron chi connectivity index (χ2n) is 6.13. The molecule has 0 fully saturated rings. The van der Waals surface area contributed by atoms with Crippen LogP contribution in [0, 0.1) is 0 Å². The van der Waals surface area contributed by atoms with E-state index in [-0.39, 0.29) is 0 Å². The molecule has 3 rings (SSSR count). The summed E-state index contributed by atoms with van der Waals surface area (Å²) >= 11 is 0. The first-order chi connectivity index (χ1) is 11.2. The van der Waals surface area contributed by atoms with E-state index in [9.17, 15) is 0 Å². The van der Waals surface area contributed by atoms with Crippen molar-refractivity contribution in [3.8, 4) is 17.2 Å². The summed E-state index contributed by atoms with van der Waals surface area (Å²) in [6.07, 6.45) is 2.22. The van der Waals surface area contributed by atoms with E-state index in [2.05, 4.69) is 38.1 Å². The number of ether oxygens (including phenoxy) is 3. The van der Waals surface area contributed by atoms with Crippen LogP contribution in [0.2, 0.25) is 0 Å². The summed E-state index contributed by atoms with van der Waals surface area (Å²) in [5, 5.41) is 0. The Morgan fingerprint density at radius 1 is 1.00 bits per heavy atom. The third-order valence-electron chi connectivity index (χ3n) is 4.68. The van der Waals surface area contributed by atoms with Crippen LogP contribution in [0.3, 0.4) is 0 Å². The topological polar surface area (TPSA) is 27.7 Å². The van der Waals surface area contributed by atoms with Crippen molar-refractivity contribution >= 4 is 0 Å². The summed E-state index contributed by atoms with van der Waals surface area (Å²) in [4.78, 5) is 0. The number of hydrogen-bond donors (Lipinski definition) is 0. The van der Waals surface area contributed by atoms with Gasteiger partial charge in [-0.25, -0.2) is 0 Å². The molecule has 0 aliphatic carbocycles. The van der Waals surface area contributed by atoms with Crippen LogP contribution in [0.25, 0.3) is 0 Å². The van der Waals surface area contributed by atoms with Crippen LogP contribution in [0.5, 0.6) is 17.2 Å². The van der Waals surface area contributed by atoms with E-state index in [1.807, 2.05) is 18.2 Å². The van der Waals surface area contributed by atoms with Crippen molar-refractivity contribution in [1.29, 1.82) is 0 Å². The van der Waals surface area contributed by atoms with Crippen LogP contribution in [0.1, 0.15) is 49.7 Å². The van der Waals surface area contributed by atoms with Crippen molar-refractivity contribution in [2.75, 3.05) is 13.9 Å². The lowest BCUT2D eigenvalue weighted by atomic mass is 9.84. The summed E-state index contributed by atoms with van der Waals surface area (Å²) in [6.45, 7) is 4.87. The van der Waals surface area contributed by atoms with Gasteiger partial charge in [0.05, 0.1) is 7.11 Å². The predicted octanol–water partition coefficient (Wildman–Crippen LogP) is 5.11. The van der Waals surface area contributed by atoms with Gasteiger partial charge in [0, 0.05) is 0 Å². The summed E-state index contributed by atoms with van der Waals surface area (Å²) in [6, 6.07) is 14.7. The highest BCUT2D eigenvalue weighted by atomic mass is 16.7. The largest absolute Gasteiger partial charge is 0.497 e. The molecule has 0 amide bonds. The molecule has 23 heavy (non-hydrogen) atoms. The Hall–Kier alpha value is -2.16. The zero-order valence-electron chi connectivity index (χ0n) is 14.0. The predicted molar refractivity (Wildman–Crippen MR) is 91.6 cm³/mol. The van der Waals surface area contributed by atoms with E-state index in [0.717, 1.165) is 30.1 Å². The van der Waals surface area contributed by atoms with E-state index in [1.54, 1.807) is 7.11 Å². The maximum Gasteiger partial charge on any atom is 0.231 e. The van der Waals surface area contributed by atoms with Gasteiger partial charge in [0.2, 0.25) is 6.79 Å². The Labute approximate surface area is 138 Å². The van der Waals surface area contributed by atoms with E-state index in [4.69, 9.17) is 14.2 Å². The van der Waals surface area contributed by atoms with Gasteiger partial charge < -0.3 is 14.2 Å². The zero-order chi connectivity index (χ0) is 16.2. The summed E-state index contributed by atoms with van der Waals surface area (Å²) < 4.78 is 16.2. The molecule has 2 unspecified atom stereocenters. The Kier molecular flexibility index (Phi) is 4.75. The monoisotopic (exact) mass is 312 g/mol. The molecule has 0 aromatic heterocycles. The lowest BCUT2D eigenvalue weighted by Gasteiger charge is -2.21. The fourth-order valence-corrected chi connectivity index (χ4v) is 3.20. The van der Waals surface area contributed by atoms with Gasteiger partial charge in [-0.1, -0.05) is 32.0 Å². The zero-order valence-corrected chi connectivity index (χ0v) is 14.0. The molecular formula is C20H24O3. The lowest BCUT2D eigenvalue weighted by Crippen LogP contribution is -2.04. The fourth-order valence-electron chi connectivity index (χ4n) is 3.20. The Morgan fingerprint density at radius 2 is 1.70 bits per heavy atom. The molecule has 0 saturated heterocycles. The minimum atomic E-state index is 0.331. The van der Waals surface area contributed by atoms with E-state index in [1.165, 1.54) is 11.1 Å². The summed E-state index contributed by atoms with van der Waals surface area (Å²) in [5.74, 6) is 3.64. The number of rotatable bonds is 6. The van der Waals surface area contributed by atoms with Crippen molar-refractivity contribution in [1.82, 2.24) is 0 Å². The molecule has 0 bridgehead atoms. The minimum Gasteiger partial charge on any atom is -0.497 e. The van der Waals surface area contributed by atoms with Gasteiger partial charge in [-0.2, -0.15) is 0 Å². The summed E-state index contributed by atoms with van der Waals surface area (Å²) in [7, 11) is 1.70. The van der Waals surface area contributed by atoms with Crippen molar-refractivity contribution in [2.45, 2.75) is 38.5 Å². The van der Waals surface area contributed by atoms with E-state index >= 15 is 0 Å². The normalized spacial score (nSPS) is 15.3. The van der Waals surface area contributed by atoms with E-state index in [0.29, 0.717) is 18.6 Å². The van der Waals surface area contributed by atoms with Crippen LogP contribution in [0.4, 0.5) is 0 Å². The maximum atomic E-state index is 5.51. The number of hydrogen-bond acceptors (Lipinski definition) is 3. The molecule has 2 atom stereocenters. The van der Waals surface area contributed by atoms with Crippen LogP contribution < -0.4 is 14.2 Å². The Bertz CT molecular complexity index is 648. The molecule has 3 nitrogen and oxygen atoms in total. The molecule has 1 aliphatic rings. The van der Waals surface area contributed by atoms with Crippen molar-refractivity contribution < 1.29 is 14.2 Å². The Balaban J connectivity index is 1.73. The molecule has 1 heterocycles. The first-order valence-corrected chi connectivity index (χ1v) is 8.24. The van der Waals surface area contributed by atoms with Crippen molar-refractivity contribution in [3.05, 3.63) is 53.6 Å². The van der Waals surface area contributed by atoms with Gasteiger partial charge in [-0.15, -0.1) is 0 Å². The highest BCUT2D eigenvalue weighted by Gasteiger charge is 2.19. The molecule has 0 N–H and O–H groups in total. The maximum absolute atomic E-state index is 5.51. The molecule has 122 valence electrons. The molecule has 0 radical (unpaired) electrons. The number of methoxy groups -OCH3 is 1. The second kappa shape index (κ2) is 6.95. The van der Waals surface area contributed by atoms with Gasteiger partial charge >= 0.3 is 0 Å². The highest BCUT2D eigenvalue weighted by molar-refractivity contribution is 5.45. The lowest BCUT2D eigenvalue weighted by molar-refractivity contribution is 0.174. The molecule has 2 aromatic rings. The molecule has 3 heteroatoms. The molecular weight excluding hydrogens is 288 g/mol. The third-order valence-corrected chi connectivity index (χ3v) is 4.68. The first-order valence-electron chi connectivity index (χ1n) is 8.24. The van der Waals surface area contributed by atoms with Crippen molar-refractivity contribution in [3.63, 3.8) is 0 Å². The van der Waals surface area contributed by atoms with Gasteiger partial charge in [0.1, 0.15) is 5.75 Å². The van der Waals surface area contributed by atoms with Gasteiger partial charge in [-0.05, 0) is 60.1 Å². The fraction of sp³-hybridized carbons (Fsp3) is 0.400. The second-order valence-corrected chi connectivity index (χ2v) is 6.13. The van der Waals surface area contributed by atoms with Crippen LogP contribution in [0.15, 0.2) is 42.5 Å². The standard InChI is InChI=1S/C20H24O3/c1-4-15(17-7-10-19-20(12-17)23-13-22-19)11-14(2)16-5-8-18(21-3)9-6-16/h5-10,12,14-15H,4,11,13H2,1-3H3. The third kappa shape index (κ3) is 3.44. The van der Waals surface area contributed by atoms with Crippen molar-refractivity contribution in [2.24, 2.45) is 0 Å². The van der Waals surface area contributed by atoms with Gasteiger partial charge in [0.15, 0.2) is 11.5 Å². The number of benzene rings is 2. The first kappa shape index (κ1) is 15.7. The van der Waals surface area contributed by atoms with Gasteiger partial charge in [0.25, 0.3) is 0 Å². The average Bonchev–Trinajstić information content (AvgIpc) is 3.07. The van der Waals surface area contributed by atoms with Crippen LogP contribution in [-0.4, -0.2) is 13.9 Å². The summed E-state index contributed by atoms with van der Waals surface area (Å²) in [5.41, 5.74) is 2.68. The average molecular weight is 312 g/mol. The van der Waals surface area contributed by atoms with E-state index < -0.39 is 0 Å². The van der Waals surface area contributed by atoms with Crippen LogP contribution in [-0.2, 0) is 0 Å². The quantitative estimate of drug-likeness (QED) is 0.741. The molecule has 0 saturated carbocycles. The number of fused-ring (bicyclic) bond motifs is 1. The highest BCUT2D eigenvalue weighted by Crippen LogP contribution is 2.38. The Morgan fingerprint density at radius 3 is 2.39 bits per heavy atom. The molecule has 0 spiro atoms. The smallest absolute Gasteiger partial charge is 0.231 e. The minimum absolute atomic E-state index is 0.331.